The number of likely N-dealkylation sites (tertiary alicyclic amines) is 1. The number of carbonyl (C=O) groups is 3. The second kappa shape index (κ2) is 8.79. The third-order valence-electron chi connectivity index (χ3n) is 4.95. The topological polar surface area (TPSA) is 94.6 Å². The summed E-state index contributed by atoms with van der Waals surface area (Å²) in [5, 5.41) is 8.19. The largest absolute Gasteiger partial charge is 0.340 e. The van der Waals surface area contributed by atoms with Crippen molar-refractivity contribution in [2.24, 2.45) is 5.92 Å². The van der Waals surface area contributed by atoms with E-state index in [2.05, 4.69) is 15.6 Å². The molecule has 9 heteroatoms. The molecule has 1 unspecified atom stereocenters. The highest BCUT2D eigenvalue weighted by Gasteiger charge is 2.31. The van der Waals surface area contributed by atoms with Crippen LogP contribution in [0.5, 0.6) is 0 Å². The number of rotatable bonds is 5. The second-order valence-electron chi connectivity index (χ2n) is 7.36. The summed E-state index contributed by atoms with van der Waals surface area (Å²) in [5.74, 6) is -0.0568. The van der Waals surface area contributed by atoms with E-state index in [1.54, 1.807) is 0 Å². The predicted octanol–water partition coefficient (Wildman–Crippen LogP) is 0.703. The Morgan fingerprint density at radius 2 is 2.22 bits per heavy atom. The van der Waals surface area contributed by atoms with Gasteiger partial charge in [0.2, 0.25) is 17.7 Å². The van der Waals surface area contributed by atoms with E-state index in [1.165, 1.54) is 11.3 Å². The molecule has 0 radical (unpaired) electrons. The molecule has 1 aromatic heterocycles. The van der Waals surface area contributed by atoms with E-state index in [9.17, 15) is 14.4 Å². The molecule has 0 aromatic carbocycles. The predicted molar refractivity (Wildman–Crippen MR) is 103 cm³/mol. The Morgan fingerprint density at radius 3 is 2.96 bits per heavy atom. The van der Waals surface area contributed by atoms with Gasteiger partial charge in [0, 0.05) is 43.5 Å². The van der Waals surface area contributed by atoms with Crippen molar-refractivity contribution in [2.75, 3.05) is 38.0 Å². The standard InChI is InChI=1S/C18H27N5O3S/c1-12(2)17(26)21-18-20-13(11-27-18)8-15(24)22-6-3-4-14(10-22)23-7-5-19-9-16(23)25/h11-12,14,19H,3-10H2,1-2H3,(H,20,21,26). The number of nitrogens with one attached hydrogen (secondary N) is 2. The van der Waals surface area contributed by atoms with Crippen molar-refractivity contribution in [3.05, 3.63) is 11.1 Å². The monoisotopic (exact) mass is 393 g/mol. The summed E-state index contributed by atoms with van der Waals surface area (Å²) in [6, 6.07) is 0.105. The van der Waals surface area contributed by atoms with Gasteiger partial charge in [-0.3, -0.25) is 14.4 Å². The molecule has 148 valence electrons. The van der Waals surface area contributed by atoms with E-state index in [1.807, 2.05) is 29.0 Å². The van der Waals surface area contributed by atoms with Crippen molar-refractivity contribution in [3.8, 4) is 0 Å². The van der Waals surface area contributed by atoms with Gasteiger partial charge in [-0.1, -0.05) is 13.8 Å². The number of piperazine rings is 1. The van der Waals surface area contributed by atoms with Gasteiger partial charge in [-0.2, -0.15) is 0 Å². The number of nitrogens with zero attached hydrogens (tertiary/aromatic N) is 3. The number of thiazole rings is 1. The van der Waals surface area contributed by atoms with Crippen LogP contribution < -0.4 is 10.6 Å². The van der Waals surface area contributed by atoms with Gasteiger partial charge < -0.3 is 20.4 Å². The Morgan fingerprint density at radius 1 is 1.41 bits per heavy atom. The van der Waals surface area contributed by atoms with Gasteiger partial charge in [-0.15, -0.1) is 11.3 Å². The van der Waals surface area contributed by atoms with Gasteiger partial charge in [0.15, 0.2) is 5.13 Å². The minimum absolute atomic E-state index is 0.0225. The number of hydrogen-bond donors (Lipinski definition) is 2. The van der Waals surface area contributed by atoms with Crippen LogP contribution in [0.4, 0.5) is 5.13 Å². The molecule has 0 bridgehead atoms. The van der Waals surface area contributed by atoms with Gasteiger partial charge in [-0.25, -0.2) is 4.98 Å². The molecule has 2 aliphatic rings. The van der Waals surface area contributed by atoms with Crippen molar-refractivity contribution in [3.63, 3.8) is 0 Å². The summed E-state index contributed by atoms with van der Waals surface area (Å²) in [5.41, 5.74) is 0.671. The fourth-order valence-electron chi connectivity index (χ4n) is 3.40. The van der Waals surface area contributed by atoms with E-state index in [0.717, 1.165) is 25.9 Å². The molecule has 0 saturated carbocycles. The lowest BCUT2D eigenvalue weighted by atomic mass is 10.0. The first kappa shape index (κ1) is 19.8. The van der Waals surface area contributed by atoms with E-state index in [-0.39, 0.29) is 36.1 Å². The lowest BCUT2D eigenvalue weighted by Crippen LogP contribution is -2.57. The Kier molecular flexibility index (Phi) is 6.43. The van der Waals surface area contributed by atoms with Crippen LogP contribution in [0, 0.1) is 5.92 Å². The molecule has 2 fully saturated rings. The summed E-state index contributed by atoms with van der Waals surface area (Å²) in [6.45, 7) is 6.85. The van der Waals surface area contributed by atoms with Crippen molar-refractivity contribution < 1.29 is 14.4 Å². The second-order valence-corrected chi connectivity index (χ2v) is 8.22. The molecule has 27 heavy (non-hydrogen) atoms. The number of amides is 3. The first-order chi connectivity index (χ1) is 12.9. The number of carbonyl (C=O) groups excluding carboxylic acids is 3. The maximum Gasteiger partial charge on any atom is 0.236 e. The highest BCUT2D eigenvalue weighted by atomic mass is 32.1. The van der Waals surface area contributed by atoms with Crippen LogP contribution in [0.15, 0.2) is 5.38 Å². The Labute approximate surface area is 163 Å². The third-order valence-corrected chi connectivity index (χ3v) is 5.76. The van der Waals surface area contributed by atoms with Crippen LogP contribution in [-0.2, 0) is 20.8 Å². The Hall–Kier alpha value is -2.00. The van der Waals surface area contributed by atoms with E-state index < -0.39 is 0 Å². The Balaban J connectivity index is 1.55. The van der Waals surface area contributed by atoms with Crippen molar-refractivity contribution in [2.45, 2.75) is 39.2 Å². The average Bonchev–Trinajstić information content (AvgIpc) is 3.09. The summed E-state index contributed by atoms with van der Waals surface area (Å²) >= 11 is 1.33. The molecule has 2 saturated heterocycles. The first-order valence-electron chi connectivity index (χ1n) is 9.47. The molecule has 2 aliphatic heterocycles. The van der Waals surface area contributed by atoms with Gasteiger partial charge in [-0.05, 0) is 12.8 Å². The number of piperidine rings is 1. The lowest BCUT2D eigenvalue weighted by molar-refractivity contribution is -0.140. The van der Waals surface area contributed by atoms with Gasteiger partial charge in [0.05, 0.1) is 18.7 Å². The van der Waals surface area contributed by atoms with Gasteiger partial charge in [0.1, 0.15) is 0 Å². The highest BCUT2D eigenvalue weighted by molar-refractivity contribution is 7.13. The van der Waals surface area contributed by atoms with Crippen molar-refractivity contribution in [1.29, 1.82) is 0 Å². The molecule has 3 heterocycles. The third kappa shape index (κ3) is 5.04. The van der Waals surface area contributed by atoms with Crippen molar-refractivity contribution in [1.82, 2.24) is 20.1 Å². The molecular formula is C18H27N5O3S. The molecule has 8 nitrogen and oxygen atoms in total. The molecule has 3 amide bonds. The zero-order valence-electron chi connectivity index (χ0n) is 15.9. The SMILES string of the molecule is CC(C)C(=O)Nc1nc(CC(=O)N2CCCC(N3CCNCC3=O)C2)cs1. The fourth-order valence-corrected chi connectivity index (χ4v) is 4.12. The molecule has 3 rings (SSSR count). The zero-order valence-corrected chi connectivity index (χ0v) is 16.7. The quantitative estimate of drug-likeness (QED) is 0.768. The zero-order chi connectivity index (χ0) is 19.4. The number of aromatic nitrogens is 1. The van der Waals surface area contributed by atoms with Crippen LogP contribution in [0.25, 0.3) is 0 Å². The Bertz CT molecular complexity index is 705. The van der Waals surface area contributed by atoms with Crippen molar-refractivity contribution >= 4 is 34.2 Å². The van der Waals surface area contributed by atoms with Gasteiger partial charge in [0.25, 0.3) is 0 Å². The minimum Gasteiger partial charge on any atom is -0.340 e. The first-order valence-corrected chi connectivity index (χ1v) is 10.3. The smallest absolute Gasteiger partial charge is 0.236 e. The summed E-state index contributed by atoms with van der Waals surface area (Å²) in [4.78, 5) is 44.7. The van der Waals surface area contributed by atoms with E-state index in [4.69, 9.17) is 0 Å². The average molecular weight is 394 g/mol. The van der Waals surface area contributed by atoms with E-state index in [0.29, 0.717) is 30.5 Å². The molecule has 0 spiro atoms. The maximum absolute atomic E-state index is 12.7. The molecule has 1 aromatic rings. The highest BCUT2D eigenvalue weighted by Crippen LogP contribution is 2.20. The molecule has 2 N–H and O–H groups in total. The maximum atomic E-state index is 12.7. The van der Waals surface area contributed by atoms with E-state index >= 15 is 0 Å². The van der Waals surface area contributed by atoms with Crippen LogP contribution in [0.1, 0.15) is 32.4 Å². The normalized spacial score (nSPS) is 20.9. The summed E-state index contributed by atoms with van der Waals surface area (Å²) in [7, 11) is 0. The number of hydrogen-bond acceptors (Lipinski definition) is 6. The molecule has 1 atom stereocenters. The molecule has 0 aliphatic carbocycles. The van der Waals surface area contributed by atoms with Crippen LogP contribution in [0.3, 0.4) is 0 Å². The molecular weight excluding hydrogens is 366 g/mol. The summed E-state index contributed by atoms with van der Waals surface area (Å²) in [6.07, 6.45) is 2.06. The van der Waals surface area contributed by atoms with Crippen LogP contribution in [-0.4, -0.2) is 71.3 Å². The lowest BCUT2D eigenvalue weighted by Gasteiger charge is -2.41. The van der Waals surface area contributed by atoms with Crippen LogP contribution >= 0.6 is 11.3 Å². The fraction of sp³-hybridized carbons (Fsp3) is 0.667. The minimum atomic E-state index is -0.114. The summed E-state index contributed by atoms with van der Waals surface area (Å²) < 4.78 is 0. The van der Waals surface area contributed by atoms with Crippen LogP contribution in [0.2, 0.25) is 0 Å². The van der Waals surface area contributed by atoms with Gasteiger partial charge >= 0.3 is 0 Å². The number of anilines is 1.